The summed E-state index contributed by atoms with van der Waals surface area (Å²) in [5, 5.41) is 14.5. The average Bonchev–Trinajstić information content (AvgIpc) is 3.41. The van der Waals surface area contributed by atoms with Crippen LogP contribution in [-0.4, -0.2) is 31.1 Å². The maximum absolute atomic E-state index is 12.5. The first kappa shape index (κ1) is 18.9. The highest BCUT2D eigenvalue weighted by Crippen LogP contribution is 2.23. The zero-order chi connectivity index (χ0) is 20.2. The van der Waals surface area contributed by atoms with Gasteiger partial charge in [0.25, 0.3) is 5.91 Å². The van der Waals surface area contributed by atoms with E-state index in [1.165, 1.54) is 33.5 Å². The van der Waals surface area contributed by atoms with Gasteiger partial charge in [0.2, 0.25) is 0 Å². The Labute approximate surface area is 172 Å². The molecule has 4 aromatic rings. The molecule has 0 aliphatic rings. The van der Waals surface area contributed by atoms with E-state index >= 15 is 0 Å². The topological polar surface area (TPSA) is 85.6 Å². The van der Waals surface area contributed by atoms with Gasteiger partial charge in [-0.2, -0.15) is 0 Å². The molecule has 146 valence electrons. The first-order valence-corrected chi connectivity index (χ1v) is 10.1. The SMILES string of the molecule is CC(C)c1ccc(Cc2cnc(NC(=O)c3ccc(-n4cnnn4)cc3)s2)cc1. The number of tetrazole rings is 1. The number of hydrogen-bond donors (Lipinski definition) is 1. The van der Waals surface area contributed by atoms with Crippen molar-refractivity contribution in [3.05, 3.63) is 82.6 Å². The lowest BCUT2D eigenvalue weighted by atomic mass is 10.0. The highest BCUT2D eigenvalue weighted by molar-refractivity contribution is 7.15. The quantitative estimate of drug-likeness (QED) is 0.523. The van der Waals surface area contributed by atoms with E-state index in [0.717, 1.165) is 17.0 Å². The smallest absolute Gasteiger partial charge is 0.257 e. The van der Waals surface area contributed by atoms with Crippen molar-refractivity contribution in [1.82, 2.24) is 25.2 Å². The summed E-state index contributed by atoms with van der Waals surface area (Å²) >= 11 is 1.49. The maximum Gasteiger partial charge on any atom is 0.257 e. The van der Waals surface area contributed by atoms with E-state index in [2.05, 4.69) is 63.9 Å². The van der Waals surface area contributed by atoms with Crippen LogP contribution in [0.2, 0.25) is 0 Å². The summed E-state index contributed by atoms with van der Waals surface area (Å²) < 4.78 is 1.53. The minimum atomic E-state index is -0.199. The molecule has 0 spiro atoms. The number of amides is 1. The van der Waals surface area contributed by atoms with Crippen LogP contribution in [0.3, 0.4) is 0 Å². The number of rotatable bonds is 6. The van der Waals surface area contributed by atoms with Crippen molar-refractivity contribution in [2.75, 3.05) is 5.32 Å². The number of aromatic nitrogens is 5. The lowest BCUT2D eigenvalue weighted by molar-refractivity contribution is 0.102. The molecule has 2 aromatic heterocycles. The third kappa shape index (κ3) is 4.55. The van der Waals surface area contributed by atoms with E-state index < -0.39 is 0 Å². The molecule has 0 radical (unpaired) electrons. The van der Waals surface area contributed by atoms with Gasteiger partial charge in [-0.1, -0.05) is 38.1 Å². The Balaban J connectivity index is 1.39. The maximum atomic E-state index is 12.5. The second kappa shape index (κ2) is 8.32. The van der Waals surface area contributed by atoms with Crippen LogP contribution < -0.4 is 5.32 Å². The normalized spacial score (nSPS) is 11.0. The molecule has 4 rings (SSSR count). The van der Waals surface area contributed by atoms with E-state index in [4.69, 9.17) is 0 Å². The number of nitrogens with zero attached hydrogens (tertiary/aromatic N) is 5. The van der Waals surface area contributed by atoms with Gasteiger partial charge >= 0.3 is 0 Å². The monoisotopic (exact) mass is 404 g/mol. The third-order valence-electron chi connectivity index (χ3n) is 4.54. The van der Waals surface area contributed by atoms with Crippen LogP contribution in [0.5, 0.6) is 0 Å². The number of hydrogen-bond acceptors (Lipinski definition) is 6. The first-order chi connectivity index (χ1) is 14.1. The van der Waals surface area contributed by atoms with Crippen molar-refractivity contribution in [1.29, 1.82) is 0 Å². The molecule has 2 heterocycles. The molecule has 8 heteroatoms. The summed E-state index contributed by atoms with van der Waals surface area (Å²) in [6, 6.07) is 15.7. The van der Waals surface area contributed by atoms with Crippen molar-refractivity contribution in [2.24, 2.45) is 0 Å². The number of thiazole rings is 1. The molecule has 7 nitrogen and oxygen atoms in total. The Kier molecular flexibility index (Phi) is 5.44. The number of nitrogens with one attached hydrogen (secondary N) is 1. The number of anilines is 1. The predicted octanol–water partition coefficient (Wildman–Crippen LogP) is 4.09. The molecule has 0 saturated carbocycles. The Morgan fingerprint density at radius 3 is 2.52 bits per heavy atom. The van der Waals surface area contributed by atoms with E-state index in [1.54, 1.807) is 24.3 Å². The fourth-order valence-electron chi connectivity index (χ4n) is 2.88. The van der Waals surface area contributed by atoms with Gasteiger partial charge in [0.05, 0.1) is 5.69 Å². The largest absolute Gasteiger partial charge is 0.298 e. The second-order valence-corrected chi connectivity index (χ2v) is 8.08. The molecule has 2 aromatic carbocycles. The van der Waals surface area contributed by atoms with Crippen LogP contribution in [-0.2, 0) is 6.42 Å². The summed E-state index contributed by atoms with van der Waals surface area (Å²) in [6.45, 7) is 4.37. The zero-order valence-corrected chi connectivity index (χ0v) is 16.9. The highest BCUT2D eigenvalue weighted by atomic mass is 32.1. The molecule has 0 fully saturated rings. The molecule has 1 amide bonds. The van der Waals surface area contributed by atoms with Crippen LogP contribution in [0.25, 0.3) is 5.69 Å². The Hall–Kier alpha value is -3.39. The van der Waals surface area contributed by atoms with Gasteiger partial charge in [0.15, 0.2) is 5.13 Å². The molecule has 1 N–H and O–H groups in total. The average molecular weight is 404 g/mol. The van der Waals surface area contributed by atoms with Crippen LogP contribution in [0, 0.1) is 0 Å². The molecule has 0 aliphatic heterocycles. The van der Waals surface area contributed by atoms with E-state index in [-0.39, 0.29) is 5.91 Å². The highest BCUT2D eigenvalue weighted by Gasteiger charge is 2.10. The van der Waals surface area contributed by atoms with Gasteiger partial charge in [-0.3, -0.25) is 10.1 Å². The minimum Gasteiger partial charge on any atom is -0.298 e. The molecule has 29 heavy (non-hydrogen) atoms. The van der Waals surface area contributed by atoms with Crippen LogP contribution in [0.15, 0.2) is 61.1 Å². The number of carbonyl (C=O) groups excluding carboxylic acids is 1. The zero-order valence-electron chi connectivity index (χ0n) is 16.1. The summed E-state index contributed by atoms with van der Waals surface area (Å²) in [7, 11) is 0. The summed E-state index contributed by atoms with van der Waals surface area (Å²) in [5.74, 6) is 0.326. The minimum absolute atomic E-state index is 0.199. The van der Waals surface area contributed by atoms with Gasteiger partial charge < -0.3 is 0 Å². The van der Waals surface area contributed by atoms with Crippen molar-refractivity contribution in [3.8, 4) is 5.69 Å². The fourth-order valence-corrected chi connectivity index (χ4v) is 3.72. The number of carbonyl (C=O) groups is 1. The summed E-state index contributed by atoms with van der Waals surface area (Å²) in [4.78, 5) is 17.9. The Morgan fingerprint density at radius 2 is 1.86 bits per heavy atom. The second-order valence-electron chi connectivity index (χ2n) is 6.96. The van der Waals surface area contributed by atoms with Gasteiger partial charge in [0, 0.05) is 23.1 Å². The van der Waals surface area contributed by atoms with Crippen LogP contribution >= 0.6 is 11.3 Å². The van der Waals surface area contributed by atoms with Crippen molar-refractivity contribution in [2.45, 2.75) is 26.2 Å². The molecule has 0 saturated heterocycles. The van der Waals surface area contributed by atoms with Crippen LogP contribution in [0.1, 0.15) is 46.1 Å². The summed E-state index contributed by atoms with van der Waals surface area (Å²) in [6.07, 6.45) is 4.12. The molecular weight excluding hydrogens is 384 g/mol. The van der Waals surface area contributed by atoms with E-state index in [1.807, 2.05) is 6.20 Å². The van der Waals surface area contributed by atoms with Crippen molar-refractivity contribution in [3.63, 3.8) is 0 Å². The molecule has 0 bridgehead atoms. The molecule has 0 aliphatic carbocycles. The number of benzene rings is 2. The summed E-state index contributed by atoms with van der Waals surface area (Å²) in [5.41, 5.74) is 3.89. The fraction of sp³-hybridized carbons (Fsp3) is 0.190. The van der Waals surface area contributed by atoms with Crippen LogP contribution in [0.4, 0.5) is 5.13 Å². The standard InChI is InChI=1S/C21H20N6OS/c1-14(2)16-5-3-15(4-6-16)11-19-12-22-21(29-19)24-20(28)17-7-9-18(10-8-17)27-13-23-25-26-27/h3-10,12-14H,11H2,1-2H3,(H,22,24,28). The van der Waals surface area contributed by atoms with Crippen molar-refractivity contribution >= 4 is 22.4 Å². The van der Waals surface area contributed by atoms with Gasteiger partial charge in [-0.15, -0.1) is 16.4 Å². The lowest BCUT2D eigenvalue weighted by Crippen LogP contribution is -2.11. The Morgan fingerprint density at radius 1 is 1.10 bits per heavy atom. The predicted molar refractivity (Wildman–Crippen MR) is 113 cm³/mol. The molecular formula is C21H20N6OS. The van der Waals surface area contributed by atoms with Crippen molar-refractivity contribution < 1.29 is 4.79 Å². The van der Waals surface area contributed by atoms with Gasteiger partial charge in [-0.25, -0.2) is 9.67 Å². The Bertz CT molecular complexity index is 1090. The molecule has 0 atom stereocenters. The molecule has 0 unspecified atom stereocenters. The van der Waals surface area contributed by atoms with Gasteiger partial charge in [0.1, 0.15) is 6.33 Å². The lowest BCUT2D eigenvalue weighted by Gasteiger charge is -2.06. The van der Waals surface area contributed by atoms with E-state index in [0.29, 0.717) is 16.6 Å². The third-order valence-corrected chi connectivity index (χ3v) is 5.45. The van der Waals surface area contributed by atoms with E-state index in [9.17, 15) is 4.79 Å². The first-order valence-electron chi connectivity index (χ1n) is 9.27. The van der Waals surface area contributed by atoms with Gasteiger partial charge in [-0.05, 0) is 51.7 Å².